The molecule has 1 amide bonds. The first-order valence-corrected chi connectivity index (χ1v) is 6.72. The summed E-state index contributed by atoms with van der Waals surface area (Å²) < 4.78 is 0. The highest BCUT2D eigenvalue weighted by molar-refractivity contribution is 5.87. The molecule has 0 radical (unpaired) electrons. The van der Waals surface area contributed by atoms with Crippen molar-refractivity contribution in [3.8, 4) is 0 Å². The predicted molar refractivity (Wildman–Crippen MR) is 69.2 cm³/mol. The highest BCUT2D eigenvalue weighted by Gasteiger charge is 2.30. The Bertz CT molecular complexity index is 305. The number of carboxylic acids is 1. The van der Waals surface area contributed by atoms with Crippen molar-refractivity contribution in [2.75, 3.05) is 6.54 Å². The second-order valence-corrected chi connectivity index (χ2v) is 5.37. The molecule has 1 aliphatic heterocycles. The fourth-order valence-corrected chi connectivity index (χ4v) is 2.33. The van der Waals surface area contributed by atoms with E-state index in [4.69, 9.17) is 5.11 Å². The normalized spacial score (nSPS) is 25.8. The van der Waals surface area contributed by atoms with Crippen LogP contribution in [0.3, 0.4) is 0 Å². The van der Waals surface area contributed by atoms with Crippen LogP contribution in [0.5, 0.6) is 0 Å². The van der Waals surface area contributed by atoms with Crippen molar-refractivity contribution in [1.29, 1.82) is 0 Å². The van der Waals surface area contributed by atoms with Gasteiger partial charge in [-0.25, -0.2) is 4.79 Å². The number of carboxylic acid groups (broad SMARTS) is 1. The van der Waals surface area contributed by atoms with Crippen molar-refractivity contribution in [2.24, 2.45) is 11.8 Å². The number of nitrogens with one attached hydrogen (secondary N) is 2. The maximum Gasteiger partial charge on any atom is 0.326 e. The van der Waals surface area contributed by atoms with E-state index in [1.807, 2.05) is 0 Å². The van der Waals surface area contributed by atoms with Gasteiger partial charge in [0.15, 0.2) is 0 Å². The van der Waals surface area contributed by atoms with E-state index >= 15 is 0 Å². The van der Waals surface area contributed by atoms with Crippen LogP contribution in [0.1, 0.15) is 40.0 Å². The summed E-state index contributed by atoms with van der Waals surface area (Å²) in [6.45, 7) is 6.54. The minimum Gasteiger partial charge on any atom is -0.480 e. The van der Waals surface area contributed by atoms with Crippen molar-refractivity contribution >= 4 is 11.9 Å². The molecule has 0 spiro atoms. The molecule has 0 aromatic rings. The molecule has 18 heavy (non-hydrogen) atoms. The summed E-state index contributed by atoms with van der Waals surface area (Å²) >= 11 is 0. The molecule has 1 rings (SSSR count). The number of rotatable bonds is 5. The van der Waals surface area contributed by atoms with Gasteiger partial charge in [0.05, 0.1) is 6.04 Å². The van der Waals surface area contributed by atoms with E-state index in [0.29, 0.717) is 5.92 Å². The summed E-state index contributed by atoms with van der Waals surface area (Å²) in [5.74, 6) is -0.711. The molecular formula is C13H24N2O3. The van der Waals surface area contributed by atoms with Gasteiger partial charge in [0.1, 0.15) is 6.04 Å². The molecule has 104 valence electrons. The van der Waals surface area contributed by atoms with E-state index in [9.17, 15) is 9.59 Å². The van der Waals surface area contributed by atoms with E-state index in [1.165, 1.54) is 0 Å². The number of carbonyl (C=O) groups excluding carboxylic acids is 1. The molecule has 3 atom stereocenters. The smallest absolute Gasteiger partial charge is 0.326 e. The van der Waals surface area contributed by atoms with Crippen molar-refractivity contribution in [3.05, 3.63) is 0 Å². The van der Waals surface area contributed by atoms with Gasteiger partial charge in [-0.2, -0.15) is 0 Å². The van der Waals surface area contributed by atoms with E-state index in [0.717, 1.165) is 25.8 Å². The van der Waals surface area contributed by atoms with E-state index in [2.05, 4.69) is 17.6 Å². The molecule has 1 aliphatic rings. The Hall–Kier alpha value is -1.10. The third-order valence-corrected chi connectivity index (χ3v) is 3.64. The Morgan fingerprint density at radius 1 is 1.44 bits per heavy atom. The number of carbonyl (C=O) groups is 2. The maximum atomic E-state index is 12.0. The summed E-state index contributed by atoms with van der Waals surface area (Å²) in [6, 6.07) is -1.05. The molecule has 0 aliphatic carbocycles. The summed E-state index contributed by atoms with van der Waals surface area (Å²) in [5, 5.41) is 14.8. The van der Waals surface area contributed by atoms with Gasteiger partial charge in [-0.15, -0.1) is 0 Å². The number of hydrogen-bond donors (Lipinski definition) is 3. The van der Waals surface area contributed by atoms with Gasteiger partial charge >= 0.3 is 5.97 Å². The number of hydrogen-bond acceptors (Lipinski definition) is 3. The predicted octanol–water partition coefficient (Wildman–Crippen LogP) is 0.990. The molecule has 5 nitrogen and oxygen atoms in total. The molecular weight excluding hydrogens is 232 g/mol. The van der Waals surface area contributed by atoms with Crippen molar-refractivity contribution in [3.63, 3.8) is 0 Å². The Morgan fingerprint density at radius 2 is 2.11 bits per heavy atom. The zero-order valence-corrected chi connectivity index (χ0v) is 11.4. The second kappa shape index (κ2) is 6.73. The van der Waals surface area contributed by atoms with Crippen LogP contribution in [0.2, 0.25) is 0 Å². The van der Waals surface area contributed by atoms with Gasteiger partial charge in [-0.3, -0.25) is 4.79 Å². The molecule has 0 aromatic carbocycles. The molecule has 5 heteroatoms. The monoisotopic (exact) mass is 256 g/mol. The Morgan fingerprint density at radius 3 is 2.61 bits per heavy atom. The van der Waals surface area contributed by atoms with Crippen molar-refractivity contribution in [1.82, 2.24) is 10.6 Å². The van der Waals surface area contributed by atoms with Crippen LogP contribution in [-0.4, -0.2) is 35.6 Å². The minimum absolute atomic E-state index is 0.114. The molecule has 1 fully saturated rings. The van der Waals surface area contributed by atoms with Crippen LogP contribution in [0, 0.1) is 11.8 Å². The first-order valence-electron chi connectivity index (χ1n) is 6.72. The number of amides is 1. The quantitative estimate of drug-likeness (QED) is 0.685. The first kappa shape index (κ1) is 15.0. The molecule has 3 N–H and O–H groups in total. The van der Waals surface area contributed by atoms with Crippen LogP contribution < -0.4 is 10.6 Å². The molecule has 1 saturated heterocycles. The van der Waals surface area contributed by atoms with E-state index in [1.54, 1.807) is 13.8 Å². The van der Waals surface area contributed by atoms with Crippen LogP contribution in [0.15, 0.2) is 0 Å². The summed E-state index contributed by atoms with van der Waals surface area (Å²) in [5.41, 5.74) is 0. The molecule has 0 bridgehead atoms. The van der Waals surface area contributed by atoms with Gasteiger partial charge < -0.3 is 15.7 Å². The van der Waals surface area contributed by atoms with Crippen LogP contribution >= 0.6 is 0 Å². The van der Waals surface area contributed by atoms with Crippen LogP contribution in [0.25, 0.3) is 0 Å². The maximum absolute atomic E-state index is 12.0. The zero-order valence-electron chi connectivity index (χ0n) is 11.4. The summed E-state index contributed by atoms with van der Waals surface area (Å²) in [4.78, 5) is 23.1. The Kier molecular flexibility index (Phi) is 5.59. The van der Waals surface area contributed by atoms with E-state index in [-0.39, 0.29) is 17.9 Å². The Labute approximate surface area is 108 Å². The minimum atomic E-state index is -0.971. The van der Waals surface area contributed by atoms with Gasteiger partial charge in [0.2, 0.25) is 5.91 Å². The average molecular weight is 256 g/mol. The lowest BCUT2D eigenvalue weighted by Crippen LogP contribution is -2.54. The SMILES string of the molecule is CCC1CCNC(C(=O)NC(C(=O)O)C(C)C)C1. The lowest BCUT2D eigenvalue weighted by molar-refractivity contribution is -0.143. The number of aliphatic carboxylic acids is 1. The highest BCUT2D eigenvalue weighted by atomic mass is 16.4. The fourth-order valence-electron chi connectivity index (χ4n) is 2.33. The largest absolute Gasteiger partial charge is 0.480 e. The molecule has 1 heterocycles. The average Bonchev–Trinajstić information content (AvgIpc) is 2.34. The first-order chi connectivity index (χ1) is 8.45. The molecule has 0 saturated carbocycles. The third kappa shape index (κ3) is 3.98. The van der Waals surface area contributed by atoms with Crippen LogP contribution in [0.4, 0.5) is 0 Å². The third-order valence-electron chi connectivity index (χ3n) is 3.64. The van der Waals surface area contributed by atoms with Crippen LogP contribution in [-0.2, 0) is 9.59 Å². The molecule has 3 unspecified atom stereocenters. The lowest BCUT2D eigenvalue weighted by Gasteiger charge is -2.30. The van der Waals surface area contributed by atoms with Gasteiger partial charge in [-0.05, 0) is 31.2 Å². The second-order valence-electron chi connectivity index (χ2n) is 5.37. The number of piperidine rings is 1. The Balaban J connectivity index is 2.55. The molecule has 0 aromatic heterocycles. The lowest BCUT2D eigenvalue weighted by atomic mass is 9.90. The van der Waals surface area contributed by atoms with Gasteiger partial charge in [0.25, 0.3) is 0 Å². The van der Waals surface area contributed by atoms with Crippen molar-refractivity contribution < 1.29 is 14.7 Å². The topological polar surface area (TPSA) is 78.4 Å². The zero-order chi connectivity index (χ0) is 13.7. The van der Waals surface area contributed by atoms with Gasteiger partial charge in [-0.1, -0.05) is 27.2 Å². The van der Waals surface area contributed by atoms with E-state index < -0.39 is 12.0 Å². The van der Waals surface area contributed by atoms with Gasteiger partial charge in [0, 0.05) is 0 Å². The summed E-state index contributed by atoms with van der Waals surface area (Å²) in [7, 11) is 0. The highest BCUT2D eigenvalue weighted by Crippen LogP contribution is 2.19. The van der Waals surface area contributed by atoms with Crippen molar-refractivity contribution in [2.45, 2.75) is 52.1 Å². The fraction of sp³-hybridized carbons (Fsp3) is 0.846. The summed E-state index contributed by atoms with van der Waals surface area (Å²) in [6.07, 6.45) is 2.96. The standard InChI is InChI=1S/C13H24N2O3/c1-4-9-5-6-14-10(7-9)12(16)15-11(8(2)3)13(17)18/h8-11,14H,4-7H2,1-3H3,(H,15,16)(H,17,18).